The van der Waals surface area contributed by atoms with Gasteiger partial charge in [-0.15, -0.1) is 5.92 Å². The summed E-state index contributed by atoms with van der Waals surface area (Å²) >= 11 is 0. The maximum Gasteiger partial charge on any atom is 0.163 e. The van der Waals surface area contributed by atoms with E-state index in [-0.39, 0.29) is 11.7 Å². The molecular formula is C15H19FO2. The maximum atomic E-state index is 13.9. The third-order valence-corrected chi connectivity index (χ3v) is 2.60. The molecule has 98 valence electrons. The Morgan fingerprint density at radius 1 is 1.22 bits per heavy atom. The molecule has 1 unspecified atom stereocenters. The van der Waals surface area contributed by atoms with Gasteiger partial charge in [0.1, 0.15) is 5.82 Å². The average molecular weight is 250 g/mol. The van der Waals surface area contributed by atoms with E-state index < -0.39 is 0 Å². The Balaban J connectivity index is 2.95. The molecule has 0 bridgehead atoms. The molecule has 0 saturated carbocycles. The largest absolute Gasteiger partial charge is 0.493 e. The zero-order chi connectivity index (χ0) is 13.5. The highest BCUT2D eigenvalue weighted by Crippen LogP contribution is 2.30. The summed E-state index contributed by atoms with van der Waals surface area (Å²) in [5, 5.41) is 0. The molecule has 0 amide bonds. The van der Waals surface area contributed by atoms with Crippen LogP contribution in [-0.4, -0.2) is 14.2 Å². The molecule has 3 heteroatoms. The predicted molar refractivity (Wildman–Crippen MR) is 70.4 cm³/mol. The summed E-state index contributed by atoms with van der Waals surface area (Å²) in [5.41, 5.74) is 0.602. The van der Waals surface area contributed by atoms with Crippen LogP contribution in [0.5, 0.6) is 11.5 Å². The van der Waals surface area contributed by atoms with Gasteiger partial charge in [0.2, 0.25) is 0 Å². The fourth-order valence-electron chi connectivity index (χ4n) is 1.71. The van der Waals surface area contributed by atoms with Crippen LogP contribution in [0.1, 0.15) is 25.8 Å². The predicted octanol–water partition coefficient (Wildman–Crippen LogP) is 3.43. The summed E-state index contributed by atoms with van der Waals surface area (Å²) in [6, 6.07) is 3.03. The first-order chi connectivity index (χ1) is 8.62. The summed E-state index contributed by atoms with van der Waals surface area (Å²) in [7, 11) is 3.03. The second-order valence-corrected chi connectivity index (χ2v) is 4.08. The molecule has 0 radical (unpaired) electrons. The normalized spacial score (nSPS) is 11.4. The highest BCUT2D eigenvalue weighted by molar-refractivity contribution is 5.44. The molecule has 18 heavy (non-hydrogen) atoms. The Hall–Kier alpha value is -1.69. The molecule has 0 aromatic heterocycles. The fourth-order valence-corrected chi connectivity index (χ4v) is 1.71. The van der Waals surface area contributed by atoms with Gasteiger partial charge in [-0.25, -0.2) is 4.39 Å². The number of methoxy groups -OCH3 is 2. The summed E-state index contributed by atoms with van der Waals surface area (Å²) < 4.78 is 24.1. The first-order valence-electron chi connectivity index (χ1n) is 6.01. The van der Waals surface area contributed by atoms with Crippen molar-refractivity contribution >= 4 is 0 Å². The molecule has 0 heterocycles. The van der Waals surface area contributed by atoms with Crippen LogP contribution in [0.15, 0.2) is 12.1 Å². The van der Waals surface area contributed by atoms with E-state index in [0.29, 0.717) is 23.5 Å². The third-order valence-electron chi connectivity index (χ3n) is 2.60. The Labute approximate surface area is 108 Å². The van der Waals surface area contributed by atoms with Crippen LogP contribution in [-0.2, 0) is 6.42 Å². The molecule has 1 aromatic carbocycles. The third kappa shape index (κ3) is 3.66. The van der Waals surface area contributed by atoms with Gasteiger partial charge in [0.05, 0.1) is 14.2 Å². The van der Waals surface area contributed by atoms with Gasteiger partial charge in [-0.2, -0.15) is 0 Å². The van der Waals surface area contributed by atoms with Crippen LogP contribution >= 0.6 is 0 Å². The highest BCUT2D eigenvalue weighted by atomic mass is 19.1. The van der Waals surface area contributed by atoms with E-state index in [2.05, 4.69) is 11.8 Å². The second-order valence-electron chi connectivity index (χ2n) is 4.08. The van der Waals surface area contributed by atoms with E-state index in [1.54, 1.807) is 13.2 Å². The number of hydrogen-bond acceptors (Lipinski definition) is 2. The van der Waals surface area contributed by atoms with Crippen molar-refractivity contribution in [2.75, 3.05) is 14.2 Å². The van der Waals surface area contributed by atoms with Crippen molar-refractivity contribution in [2.45, 2.75) is 26.7 Å². The Morgan fingerprint density at radius 3 is 2.39 bits per heavy atom. The molecule has 1 atom stereocenters. The lowest BCUT2D eigenvalue weighted by molar-refractivity contribution is 0.351. The second kappa shape index (κ2) is 6.90. The number of halogens is 1. The van der Waals surface area contributed by atoms with Crippen LogP contribution in [0.2, 0.25) is 0 Å². The summed E-state index contributed by atoms with van der Waals surface area (Å²) in [6.45, 7) is 3.98. The van der Waals surface area contributed by atoms with Gasteiger partial charge < -0.3 is 9.47 Å². The molecule has 2 nitrogen and oxygen atoms in total. The molecule has 1 rings (SSSR count). The SMILES string of the molecule is CCC#CC(C)Cc1cc(OC)c(OC)cc1F. The van der Waals surface area contributed by atoms with Crippen molar-refractivity contribution in [3.8, 4) is 23.3 Å². The van der Waals surface area contributed by atoms with Gasteiger partial charge in [-0.3, -0.25) is 0 Å². The van der Waals surface area contributed by atoms with Gasteiger partial charge in [0, 0.05) is 18.4 Å². The van der Waals surface area contributed by atoms with E-state index in [4.69, 9.17) is 9.47 Å². The maximum absolute atomic E-state index is 13.9. The quantitative estimate of drug-likeness (QED) is 0.762. The molecule has 0 aliphatic carbocycles. The Bertz CT molecular complexity index is 458. The lowest BCUT2D eigenvalue weighted by Crippen LogP contribution is -2.01. The Morgan fingerprint density at radius 2 is 1.83 bits per heavy atom. The fraction of sp³-hybridized carbons (Fsp3) is 0.467. The molecule has 0 fully saturated rings. The van der Waals surface area contributed by atoms with Crippen molar-refractivity contribution in [3.05, 3.63) is 23.5 Å². The topological polar surface area (TPSA) is 18.5 Å². The molecule has 0 aliphatic heterocycles. The molecule has 0 saturated heterocycles. The summed E-state index contributed by atoms with van der Waals surface area (Å²) in [4.78, 5) is 0. The van der Waals surface area contributed by atoms with Crippen LogP contribution in [0.4, 0.5) is 4.39 Å². The summed E-state index contributed by atoms with van der Waals surface area (Å²) in [5.74, 6) is 6.89. The monoisotopic (exact) mass is 250 g/mol. The lowest BCUT2D eigenvalue weighted by atomic mass is 10.0. The van der Waals surface area contributed by atoms with E-state index in [1.165, 1.54) is 13.2 Å². The van der Waals surface area contributed by atoms with Crippen molar-refractivity contribution in [3.63, 3.8) is 0 Å². The highest BCUT2D eigenvalue weighted by Gasteiger charge is 2.12. The Kier molecular flexibility index (Phi) is 5.51. The zero-order valence-electron chi connectivity index (χ0n) is 11.3. The van der Waals surface area contributed by atoms with Crippen LogP contribution in [0.25, 0.3) is 0 Å². The van der Waals surface area contributed by atoms with E-state index in [1.807, 2.05) is 13.8 Å². The van der Waals surface area contributed by atoms with E-state index in [9.17, 15) is 4.39 Å². The number of rotatable bonds is 4. The van der Waals surface area contributed by atoms with Crippen molar-refractivity contribution in [1.29, 1.82) is 0 Å². The first kappa shape index (κ1) is 14.4. The van der Waals surface area contributed by atoms with Gasteiger partial charge in [-0.05, 0) is 18.1 Å². The van der Waals surface area contributed by atoms with Crippen LogP contribution < -0.4 is 9.47 Å². The van der Waals surface area contributed by atoms with E-state index in [0.717, 1.165) is 6.42 Å². The number of benzene rings is 1. The van der Waals surface area contributed by atoms with Gasteiger partial charge in [-0.1, -0.05) is 19.8 Å². The minimum atomic E-state index is -0.280. The number of ether oxygens (including phenoxy) is 2. The minimum absolute atomic E-state index is 0.123. The standard InChI is InChI=1S/C15H19FO2/c1-5-6-7-11(2)8-12-9-14(17-3)15(18-4)10-13(12)16/h9-11H,5,8H2,1-4H3. The first-order valence-corrected chi connectivity index (χ1v) is 6.01. The van der Waals surface area contributed by atoms with Crippen LogP contribution in [0, 0.1) is 23.6 Å². The number of hydrogen-bond donors (Lipinski definition) is 0. The average Bonchev–Trinajstić information content (AvgIpc) is 2.38. The molecule has 1 aromatic rings. The smallest absolute Gasteiger partial charge is 0.163 e. The van der Waals surface area contributed by atoms with E-state index >= 15 is 0 Å². The van der Waals surface area contributed by atoms with Gasteiger partial charge in [0.25, 0.3) is 0 Å². The van der Waals surface area contributed by atoms with Gasteiger partial charge >= 0.3 is 0 Å². The van der Waals surface area contributed by atoms with Crippen LogP contribution in [0.3, 0.4) is 0 Å². The van der Waals surface area contributed by atoms with Crippen molar-refractivity contribution in [1.82, 2.24) is 0 Å². The summed E-state index contributed by atoms with van der Waals surface area (Å²) in [6.07, 6.45) is 1.39. The molecular weight excluding hydrogens is 231 g/mol. The molecule has 0 N–H and O–H groups in total. The van der Waals surface area contributed by atoms with Crippen molar-refractivity contribution < 1.29 is 13.9 Å². The lowest BCUT2D eigenvalue weighted by Gasteiger charge is -2.12. The van der Waals surface area contributed by atoms with Crippen molar-refractivity contribution in [2.24, 2.45) is 5.92 Å². The van der Waals surface area contributed by atoms with Gasteiger partial charge in [0.15, 0.2) is 11.5 Å². The zero-order valence-corrected chi connectivity index (χ0v) is 11.3. The molecule has 0 aliphatic rings. The molecule has 0 spiro atoms. The minimum Gasteiger partial charge on any atom is -0.493 e.